The molecule has 4 nitrogen and oxygen atoms in total. The highest BCUT2D eigenvalue weighted by Crippen LogP contribution is 2.36. The van der Waals surface area contributed by atoms with Crippen molar-refractivity contribution >= 4 is 34.4 Å². The summed E-state index contributed by atoms with van der Waals surface area (Å²) in [6.07, 6.45) is 1.71. The van der Waals surface area contributed by atoms with E-state index in [0.29, 0.717) is 11.4 Å². The zero-order chi connectivity index (χ0) is 20.5. The molecular formula is C24H18FNO3. The van der Waals surface area contributed by atoms with E-state index in [2.05, 4.69) is 0 Å². The molecule has 0 aromatic heterocycles. The Kier molecular flexibility index (Phi) is 4.72. The van der Waals surface area contributed by atoms with Gasteiger partial charge in [-0.2, -0.15) is 0 Å². The topological polar surface area (TPSA) is 46.6 Å². The lowest BCUT2D eigenvalue weighted by Gasteiger charge is -2.17. The van der Waals surface area contributed by atoms with E-state index in [1.54, 1.807) is 13.0 Å². The van der Waals surface area contributed by atoms with E-state index >= 15 is 0 Å². The zero-order valence-electron chi connectivity index (χ0n) is 16.0. The molecule has 1 amide bonds. The number of rotatable bonds is 3. The smallest absolute Gasteiger partial charge is 0.340 e. The molecule has 0 bridgehead atoms. The first-order valence-electron chi connectivity index (χ1n) is 9.10. The number of carbonyl (C=O) groups excluding carboxylic acids is 2. The van der Waals surface area contributed by atoms with Crippen LogP contribution in [0.15, 0.2) is 83.6 Å². The van der Waals surface area contributed by atoms with Crippen LogP contribution in [0.3, 0.4) is 0 Å². The summed E-state index contributed by atoms with van der Waals surface area (Å²) in [5.41, 5.74) is 2.20. The van der Waals surface area contributed by atoms with Crippen LogP contribution in [-0.4, -0.2) is 19.0 Å². The Bertz CT molecular complexity index is 1190. The second kappa shape index (κ2) is 7.36. The number of benzene rings is 3. The number of ether oxygens (including phenoxy) is 1. The predicted octanol–water partition coefficient (Wildman–Crippen LogP) is 4.86. The summed E-state index contributed by atoms with van der Waals surface area (Å²) >= 11 is 0. The molecule has 1 aliphatic heterocycles. The molecule has 3 aromatic carbocycles. The van der Waals surface area contributed by atoms with Crippen LogP contribution in [0.25, 0.3) is 16.8 Å². The van der Waals surface area contributed by atoms with E-state index in [1.807, 2.05) is 42.5 Å². The normalized spacial score (nSPS) is 15.5. The van der Waals surface area contributed by atoms with Crippen LogP contribution in [0, 0.1) is 5.82 Å². The van der Waals surface area contributed by atoms with Crippen molar-refractivity contribution in [2.24, 2.45) is 0 Å². The van der Waals surface area contributed by atoms with Crippen molar-refractivity contribution in [3.8, 4) is 0 Å². The van der Waals surface area contributed by atoms with Gasteiger partial charge in [-0.15, -0.1) is 0 Å². The van der Waals surface area contributed by atoms with Gasteiger partial charge in [0, 0.05) is 11.4 Å². The number of fused-ring (bicyclic) bond motifs is 1. The van der Waals surface area contributed by atoms with Gasteiger partial charge in [-0.05, 0) is 53.6 Å². The minimum Gasteiger partial charge on any atom is -0.465 e. The molecule has 144 valence electrons. The molecule has 0 N–H and O–H groups in total. The molecular weight excluding hydrogens is 369 g/mol. The van der Waals surface area contributed by atoms with Crippen molar-refractivity contribution in [2.45, 2.75) is 6.92 Å². The second-order valence-corrected chi connectivity index (χ2v) is 6.70. The number of halogens is 1. The largest absolute Gasteiger partial charge is 0.465 e. The van der Waals surface area contributed by atoms with Gasteiger partial charge in [0.1, 0.15) is 5.82 Å². The number of amides is 1. The molecule has 3 aromatic rings. The van der Waals surface area contributed by atoms with E-state index in [-0.39, 0.29) is 17.1 Å². The number of nitrogens with zero attached hydrogens (tertiary/aromatic N) is 1. The maximum atomic E-state index is 13.3. The first-order valence-corrected chi connectivity index (χ1v) is 9.10. The zero-order valence-corrected chi connectivity index (χ0v) is 16.0. The van der Waals surface area contributed by atoms with Crippen LogP contribution in [0.2, 0.25) is 0 Å². The van der Waals surface area contributed by atoms with Crippen LogP contribution in [0.4, 0.5) is 10.1 Å². The SMILES string of the molecule is COC(=O)C1=C(C)N(c2ccc(F)cc2)C(=O)/C1=C\c1cccc2ccccc12. The number of methoxy groups -OCH3 is 1. The summed E-state index contributed by atoms with van der Waals surface area (Å²) in [4.78, 5) is 27.2. The average molecular weight is 387 g/mol. The minimum atomic E-state index is -0.591. The lowest BCUT2D eigenvalue weighted by Crippen LogP contribution is -2.24. The fourth-order valence-corrected chi connectivity index (χ4v) is 3.61. The Morgan fingerprint density at radius 1 is 1.00 bits per heavy atom. The molecule has 1 aliphatic rings. The lowest BCUT2D eigenvalue weighted by molar-refractivity contribution is -0.136. The second-order valence-electron chi connectivity index (χ2n) is 6.70. The molecule has 0 aliphatic carbocycles. The average Bonchev–Trinajstić information content (AvgIpc) is 2.98. The number of anilines is 1. The standard InChI is InChI=1S/C24H18FNO3/c1-15-22(24(28)29-2)21(23(27)26(15)19-12-10-18(25)11-13-19)14-17-8-5-7-16-6-3-4-9-20(16)17/h3-14H,1-2H3/b21-14-. The predicted molar refractivity (Wildman–Crippen MR) is 111 cm³/mol. The summed E-state index contributed by atoms with van der Waals surface area (Å²) in [7, 11) is 1.28. The van der Waals surface area contributed by atoms with E-state index in [4.69, 9.17) is 4.74 Å². The van der Waals surface area contributed by atoms with Crippen molar-refractivity contribution in [3.05, 3.63) is 95.0 Å². The molecule has 0 saturated heterocycles. The first-order chi connectivity index (χ1) is 14.0. The fourth-order valence-electron chi connectivity index (χ4n) is 3.61. The molecule has 1 heterocycles. The number of hydrogen-bond acceptors (Lipinski definition) is 3. The van der Waals surface area contributed by atoms with Crippen LogP contribution in [0.5, 0.6) is 0 Å². The van der Waals surface area contributed by atoms with Crippen LogP contribution in [-0.2, 0) is 14.3 Å². The molecule has 0 spiro atoms. The fraction of sp³-hybridized carbons (Fsp3) is 0.0833. The van der Waals surface area contributed by atoms with E-state index in [1.165, 1.54) is 36.3 Å². The Labute approximate surface area is 167 Å². The summed E-state index contributed by atoms with van der Waals surface area (Å²) in [5.74, 6) is -1.35. The minimum absolute atomic E-state index is 0.203. The monoisotopic (exact) mass is 387 g/mol. The molecule has 0 unspecified atom stereocenters. The van der Waals surface area contributed by atoms with Gasteiger partial charge >= 0.3 is 5.97 Å². The summed E-state index contributed by atoms with van der Waals surface area (Å²) in [6, 6.07) is 19.2. The molecule has 4 rings (SSSR count). The number of allylic oxidation sites excluding steroid dienone is 1. The molecule has 29 heavy (non-hydrogen) atoms. The van der Waals surface area contributed by atoms with Crippen molar-refractivity contribution in [3.63, 3.8) is 0 Å². The quantitative estimate of drug-likeness (QED) is 0.476. The highest BCUT2D eigenvalue weighted by atomic mass is 19.1. The number of hydrogen-bond donors (Lipinski definition) is 0. The maximum Gasteiger partial charge on any atom is 0.340 e. The van der Waals surface area contributed by atoms with E-state index in [0.717, 1.165) is 16.3 Å². The Morgan fingerprint density at radius 3 is 2.41 bits per heavy atom. The molecule has 0 saturated carbocycles. The van der Waals surface area contributed by atoms with Gasteiger partial charge in [0.25, 0.3) is 5.91 Å². The van der Waals surface area contributed by atoms with Gasteiger partial charge in [-0.3, -0.25) is 9.69 Å². The lowest BCUT2D eigenvalue weighted by atomic mass is 9.99. The number of esters is 1. The highest BCUT2D eigenvalue weighted by Gasteiger charge is 2.37. The van der Waals surface area contributed by atoms with Gasteiger partial charge < -0.3 is 4.74 Å². The van der Waals surface area contributed by atoms with E-state index in [9.17, 15) is 14.0 Å². The van der Waals surface area contributed by atoms with Crippen molar-refractivity contribution < 1.29 is 18.7 Å². The summed E-state index contributed by atoms with van der Waals surface area (Å²) < 4.78 is 18.3. The van der Waals surface area contributed by atoms with Gasteiger partial charge in [-0.25, -0.2) is 9.18 Å². The molecule has 0 atom stereocenters. The Morgan fingerprint density at radius 2 is 1.69 bits per heavy atom. The molecule has 0 fully saturated rings. The summed E-state index contributed by atoms with van der Waals surface area (Å²) in [6.45, 7) is 1.68. The third-order valence-corrected chi connectivity index (χ3v) is 5.00. The Hall–Kier alpha value is -3.73. The highest BCUT2D eigenvalue weighted by molar-refractivity contribution is 6.24. The first kappa shape index (κ1) is 18.6. The third-order valence-electron chi connectivity index (χ3n) is 5.00. The van der Waals surface area contributed by atoms with Gasteiger partial charge in [0.15, 0.2) is 0 Å². The molecule has 5 heteroatoms. The van der Waals surface area contributed by atoms with Crippen molar-refractivity contribution in [2.75, 3.05) is 12.0 Å². The Balaban J connectivity index is 1.89. The van der Waals surface area contributed by atoms with Gasteiger partial charge in [-0.1, -0.05) is 42.5 Å². The maximum absolute atomic E-state index is 13.3. The van der Waals surface area contributed by atoms with E-state index < -0.39 is 11.8 Å². The summed E-state index contributed by atoms with van der Waals surface area (Å²) in [5, 5.41) is 2.00. The van der Waals surface area contributed by atoms with Crippen LogP contribution >= 0.6 is 0 Å². The van der Waals surface area contributed by atoms with Crippen LogP contribution in [0.1, 0.15) is 12.5 Å². The molecule has 0 radical (unpaired) electrons. The third kappa shape index (κ3) is 3.21. The van der Waals surface area contributed by atoms with Crippen LogP contribution < -0.4 is 4.90 Å². The van der Waals surface area contributed by atoms with Gasteiger partial charge in [0.05, 0.1) is 18.3 Å². The van der Waals surface area contributed by atoms with Crippen molar-refractivity contribution in [1.82, 2.24) is 0 Å². The number of carbonyl (C=O) groups is 2. The van der Waals surface area contributed by atoms with Crippen molar-refractivity contribution in [1.29, 1.82) is 0 Å². The van der Waals surface area contributed by atoms with Gasteiger partial charge in [0.2, 0.25) is 0 Å².